The maximum absolute atomic E-state index is 12.0. The standard InChI is InChI=1S/C9H11F2NO2/c10-8(11)4-6(12)5-2-1-3-7(13)9(5)14/h1-3,6,8,13-14H,4,12H2/t6-/m1/s1. The van der Waals surface area contributed by atoms with Crippen LogP contribution in [0.15, 0.2) is 18.2 Å². The lowest BCUT2D eigenvalue weighted by Gasteiger charge is -2.13. The second kappa shape index (κ2) is 4.23. The number of aromatic hydroxyl groups is 2. The van der Waals surface area contributed by atoms with Gasteiger partial charge in [-0.1, -0.05) is 12.1 Å². The molecule has 0 bridgehead atoms. The molecule has 4 N–H and O–H groups in total. The van der Waals surface area contributed by atoms with E-state index >= 15 is 0 Å². The molecule has 0 aliphatic carbocycles. The maximum atomic E-state index is 12.0. The number of rotatable bonds is 3. The lowest BCUT2D eigenvalue weighted by Crippen LogP contribution is -2.14. The van der Waals surface area contributed by atoms with Crippen LogP contribution in [-0.4, -0.2) is 16.6 Å². The minimum Gasteiger partial charge on any atom is -0.504 e. The highest BCUT2D eigenvalue weighted by molar-refractivity contribution is 5.45. The average molecular weight is 203 g/mol. The molecule has 0 unspecified atom stereocenters. The van der Waals surface area contributed by atoms with Crippen molar-refractivity contribution >= 4 is 0 Å². The van der Waals surface area contributed by atoms with Gasteiger partial charge < -0.3 is 15.9 Å². The summed E-state index contributed by atoms with van der Waals surface area (Å²) in [7, 11) is 0. The Hall–Kier alpha value is -1.36. The van der Waals surface area contributed by atoms with Gasteiger partial charge in [-0.2, -0.15) is 0 Å². The third-order valence-electron chi connectivity index (χ3n) is 1.88. The van der Waals surface area contributed by atoms with Gasteiger partial charge in [-0.25, -0.2) is 8.78 Å². The molecule has 1 aromatic rings. The van der Waals surface area contributed by atoms with Crippen LogP contribution in [0.3, 0.4) is 0 Å². The molecule has 0 aliphatic heterocycles. The van der Waals surface area contributed by atoms with Gasteiger partial charge in [-0.15, -0.1) is 0 Å². The molecule has 0 amide bonds. The molecule has 1 aromatic carbocycles. The monoisotopic (exact) mass is 203 g/mol. The van der Waals surface area contributed by atoms with Crippen LogP contribution in [0.2, 0.25) is 0 Å². The summed E-state index contributed by atoms with van der Waals surface area (Å²) in [5.41, 5.74) is 5.54. The summed E-state index contributed by atoms with van der Waals surface area (Å²) in [4.78, 5) is 0. The highest BCUT2D eigenvalue weighted by Gasteiger charge is 2.17. The third-order valence-corrected chi connectivity index (χ3v) is 1.88. The summed E-state index contributed by atoms with van der Waals surface area (Å²) in [6, 6.07) is 3.13. The Kier molecular flexibility index (Phi) is 3.24. The molecule has 0 aliphatic rings. The van der Waals surface area contributed by atoms with Gasteiger partial charge >= 0.3 is 0 Å². The van der Waals surface area contributed by atoms with Crippen molar-refractivity contribution in [3.8, 4) is 11.5 Å². The Morgan fingerprint density at radius 2 is 1.93 bits per heavy atom. The van der Waals surface area contributed by atoms with Crippen molar-refractivity contribution in [1.29, 1.82) is 0 Å². The van der Waals surface area contributed by atoms with E-state index in [1.165, 1.54) is 18.2 Å². The summed E-state index contributed by atoms with van der Waals surface area (Å²) in [5, 5.41) is 18.4. The predicted octanol–water partition coefficient (Wildman–Crippen LogP) is 1.75. The number of nitrogens with two attached hydrogens (primary N) is 1. The Bertz CT molecular complexity index is 318. The van der Waals surface area contributed by atoms with E-state index in [1.807, 2.05) is 0 Å². The van der Waals surface area contributed by atoms with Gasteiger partial charge in [-0.05, 0) is 6.07 Å². The highest BCUT2D eigenvalue weighted by Crippen LogP contribution is 2.33. The lowest BCUT2D eigenvalue weighted by atomic mass is 10.0. The number of benzene rings is 1. The molecule has 0 fully saturated rings. The van der Waals surface area contributed by atoms with Crippen LogP contribution in [0, 0.1) is 0 Å². The maximum Gasteiger partial charge on any atom is 0.240 e. The Labute approximate surface area is 79.8 Å². The van der Waals surface area contributed by atoms with Gasteiger partial charge in [0.2, 0.25) is 6.43 Å². The number of halogens is 2. The minimum atomic E-state index is -2.54. The molecule has 78 valence electrons. The van der Waals surface area contributed by atoms with Crippen molar-refractivity contribution in [2.24, 2.45) is 5.73 Å². The SMILES string of the molecule is N[C@H](CC(F)F)c1cccc(O)c1O. The van der Waals surface area contributed by atoms with Crippen LogP contribution in [0.4, 0.5) is 8.78 Å². The molecule has 0 saturated heterocycles. The second-order valence-electron chi connectivity index (χ2n) is 2.95. The molecule has 3 nitrogen and oxygen atoms in total. The fourth-order valence-corrected chi connectivity index (χ4v) is 1.17. The zero-order valence-electron chi connectivity index (χ0n) is 7.32. The van der Waals surface area contributed by atoms with Gasteiger partial charge in [0, 0.05) is 18.0 Å². The molecular formula is C9H11F2NO2. The van der Waals surface area contributed by atoms with E-state index in [0.29, 0.717) is 0 Å². The lowest BCUT2D eigenvalue weighted by molar-refractivity contribution is 0.128. The fraction of sp³-hybridized carbons (Fsp3) is 0.333. The number of phenolic OH excluding ortho intramolecular Hbond substituents is 2. The van der Waals surface area contributed by atoms with E-state index in [2.05, 4.69) is 0 Å². The third kappa shape index (κ3) is 2.32. The number of hydrogen-bond acceptors (Lipinski definition) is 3. The number of para-hydroxylation sites is 1. The zero-order valence-corrected chi connectivity index (χ0v) is 7.32. The molecule has 14 heavy (non-hydrogen) atoms. The summed E-state index contributed by atoms with van der Waals surface area (Å²) in [5.74, 6) is -0.784. The molecule has 1 atom stereocenters. The van der Waals surface area contributed by atoms with Crippen LogP contribution in [-0.2, 0) is 0 Å². The summed E-state index contributed by atoms with van der Waals surface area (Å²) in [6.45, 7) is 0. The quantitative estimate of drug-likeness (QED) is 0.655. The predicted molar refractivity (Wildman–Crippen MR) is 47.3 cm³/mol. The van der Waals surface area contributed by atoms with Gasteiger partial charge in [0.05, 0.1) is 0 Å². The average Bonchev–Trinajstić information content (AvgIpc) is 2.08. The summed E-state index contributed by atoms with van der Waals surface area (Å²) < 4.78 is 24.0. The first-order chi connectivity index (χ1) is 6.52. The molecule has 5 heteroatoms. The van der Waals surface area contributed by atoms with E-state index in [-0.39, 0.29) is 11.3 Å². The van der Waals surface area contributed by atoms with Gasteiger partial charge in [0.25, 0.3) is 0 Å². The van der Waals surface area contributed by atoms with Crippen LogP contribution >= 0.6 is 0 Å². The highest BCUT2D eigenvalue weighted by atomic mass is 19.3. The smallest absolute Gasteiger partial charge is 0.240 e. The van der Waals surface area contributed by atoms with E-state index in [4.69, 9.17) is 10.8 Å². The first-order valence-electron chi connectivity index (χ1n) is 4.07. The minimum absolute atomic E-state index is 0.130. The van der Waals surface area contributed by atoms with Gasteiger partial charge in [-0.3, -0.25) is 0 Å². The van der Waals surface area contributed by atoms with Crippen molar-refractivity contribution in [2.75, 3.05) is 0 Å². The molecule has 0 saturated carbocycles. The summed E-state index contributed by atoms with van der Waals surface area (Å²) >= 11 is 0. The topological polar surface area (TPSA) is 66.5 Å². The van der Waals surface area contributed by atoms with E-state index in [1.54, 1.807) is 0 Å². The Morgan fingerprint density at radius 3 is 2.50 bits per heavy atom. The normalized spacial score (nSPS) is 13.1. The van der Waals surface area contributed by atoms with E-state index in [9.17, 15) is 13.9 Å². The molecule has 0 radical (unpaired) electrons. The van der Waals surface area contributed by atoms with Crippen molar-refractivity contribution in [1.82, 2.24) is 0 Å². The van der Waals surface area contributed by atoms with Crippen LogP contribution in [0.25, 0.3) is 0 Å². The van der Waals surface area contributed by atoms with Crippen LogP contribution < -0.4 is 5.73 Å². The van der Waals surface area contributed by atoms with E-state index < -0.39 is 24.6 Å². The van der Waals surface area contributed by atoms with Crippen molar-refractivity contribution < 1.29 is 19.0 Å². The molecule has 0 aromatic heterocycles. The molecule has 0 heterocycles. The zero-order chi connectivity index (χ0) is 10.7. The molecule has 1 rings (SSSR count). The largest absolute Gasteiger partial charge is 0.504 e. The fourth-order valence-electron chi connectivity index (χ4n) is 1.17. The molecular weight excluding hydrogens is 192 g/mol. The second-order valence-corrected chi connectivity index (χ2v) is 2.95. The Morgan fingerprint density at radius 1 is 1.29 bits per heavy atom. The van der Waals surface area contributed by atoms with E-state index in [0.717, 1.165) is 0 Å². The number of phenols is 2. The Balaban J connectivity index is 2.89. The van der Waals surface area contributed by atoms with Gasteiger partial charge in [0.1, 0.15) is 0 Å². The van der Waals surface area contributed by atoms with Crippen LogP contribution in [0.5, 0.6) is 11.5 Å². The summed E-state index contributed by atoms with van der Waals surface area (Å²) in [6.07, 6.45) is -3.08. The van der Waals surface area contributed by atoms with Crippen molar-refractivity contribution in [3.63, 3.8) is 0 Å². The number of alkyl halides is 2. The number of hydrogen-bond donors (Lipinski definition) is 3. The first kappa shape index (κ1) is 10.7. The molecule has 0 spiro atoms. The first-order valence-corrected chi connectivity index (χ1v) is 4.07. The van der Waals surface area contributed by atoms with Crippen molar-refractivity contribution in [3.05, 3.63) is 23.8 Å². The van der Waals surface area contributed by atoms with Crippen LogP contribution in [0.1, 0.15) is 18.0 Å². The van der Waals surface area contributed by atoms with Gasteiger partial charge in [0.15, 0.2) is 11.5 Å². The van der Waals surface area contributed by atoms with Crippen molar-refractivity contribution in [2.45, 2.75) is 18.9 Å².